The van der Waals surface area contributed by atoms with E-state index in [1.807, 2.05) is 36.4 Å². The predicted molar refractivity (Wildman–Crippen MR) is 128 cm³/mol. The number of aromatic nitrogens is 1. The smallest absolute Gasteiger partial charge is 0.261 e. The number of pyridine rings is 1. The fraction of sp³-hybridized carbons (Fsp3) is 0.160. The van der Waals surface area contributed by atoms with E-state index < -0.39 is 5.91 Å². The van der Waals surface area contributed by atoms with Crippen molar-refractivity contribution in [2.75, 3.05) is 36.4 Å². The fourth-order valence-electron chi connectivity index (χ4n) is 3.58. The van der Waals surface area contributed by atoms with Crippen LogP contribution in [0.4, 0.5) is 11.4 Å². The molecule has 32 heavy (non-hydrogen) atoms. The van der Waals surface area contributed by atoms with Gasteiger partial charge in [0.25, 0.3) is 11.8 Å². The highest BCUT2D eigenvalue weighted by Crippen LogP contribution is 2.20. The molecule has 1 N–H and O–H groups in total. The molecule has 4 rings (SSSR count). The second-order valence-electron chi connectivity index (χ2n) is 7.38. The minimum atomic E-state index is -0.480. The zero-order chi connectivity index (χ0) is 22.3. The Kier molecular flexibility index (Phi) is 6.82. The highest BCUT2D eigenvalue weighted by molar-refractivity contribution is 6.32. The Morgan fingerprint density at radius 2 is 1.53 bits per heavy atom. The van der Waals surface area contributed by atoms with Crippen molar-refractivity contribution in [3.8, 4) is 0 Å². The van der Waals surface area contributed by atoms with Crippen LogP contribution < -0.4 is 10.2 Å². The highest BCUT2D eigenvalue weighted by Gasteiger charge is 2.27. The second kappa shape index (κ2) is 10.1. The number of halogens is 1. The number of piperazine rings is 1. The normalized spacial score (nSPS) is 14.2. The lowest BCUT2D eigenvalue weighted by molar-refractivity contribution is -0.129. The van der Waals surface area contributed by atoms with Gasteiger partial charge in [-0.05, 0) is 36.4 Å². The molecule has 0 bridgehead atoms. The van der Waals surface area contributed by atoms with Crippen molar-refractivity contribution in [1.82, 2.24) is 9.88 Å². The van der Waals surface area contributed by atoms with Crippen molar-refractivity contribution in [1.29, 1.82) is 0 Å². The molecule has 0 radical (unpaired) electrons. The molecular weight excluding hydrogens is 424 g/mol. The molecule has 0 saturated carbocycles. The van der Waals surface area contributed by atoms with Gasteiger partial charge in [0.15, 0.2) is 0 Å². The van der Waals surface area contributed by atoms with Gasteiger partial charge in [0.2, 0.25) is 0 Å². The quantitative estimate of drug-likeness (QED) is 0.277. The molecule has 7 heteroatoms. The van der Waals surface area contributed by atoms with E-state index in [1.165, 1.54) is 6.08 Å². The number of hydrogen-bond acceptors (Lipinski definition) is 4. The third-order valence-corrected chi connectivity index (χ3v) is 5.60. The van der Waals surface area contributed by atoms with Gasteiger partial charge in [0, 0.05) is 49.3 Å². The van der Waals surface area contributed by atoms with E-state index in [0.717, 1.165) is 5.69 Å². The van der Waals surface area contributed by atoms with Crippen LogP contribution in [0.2, 0.25) is 5.15 Å². The van der Waals surface area contributed by atoms with Gasteiger partial charge in [0.05, 0.1) is 0 Å². The molecule has 0 unspecified atom stereocenters. The third-order valence-electron chi connectivity index (χ3n) is 5.28. The number of carbonyl (C=O) groups is 2. The molecule has 1 aliphatic rings. The first-order chi connectivity index (χ1) is 15.6. The minimum absolute atomic E-state index is 0.0249. The van der Waals surface area contributed by atoms with Gasteiger partial charge in [-0.15, -0.1) is 0 Å². The largest absolute Gasteiger partial charge is 0.368 e. The molecule has 162 valence electrons. The summed E-state index contributed by atoms with van der Waals surface area (Å²) < 4.78 is 0. The van der Waals surface area contributed by atoms with Crippen molar-refractivity contribution < 1.29 is 9.59 Å². The predicted octanol–water partition coefficient (Wildman–Crippen LogP) is 4.11. The summed E-state index contributed by atoms with van der Waals surface area (Å²) in [4.78, 5) is 34.5. The SMILES string of the molecule is O=C(Nc1ccccc1)/C(=C/c1cccnc1Cl)C(=O)N1CCN(c2ccccc2)CC1. The Morgan fingerprint density at radius 3 is 2.19 bits per heavy atom. The average Bonchev–Trinajstić information content (AvgIpc) is 2.84. The van der Waals surface area contributed by atoms with Crippen LogP contribution in [-0.2, 0) is 9.59 Å². The summed E-state index contributed by atoms with van der Waals surface area (Å²) in [7, 11) is 0. The Bertz CT molecular complexity index is 1110. The van der Waals surface area contributed by atoms with Crippen LogP contribution >= 0.6 is 11.6 Å². The third kappa shape index (κ3) is 5.15. The lowest BCUT2D eigenvalue weighted by Crippen LogP contribution is -2.50. The molecule has 1 fully saturated rings. The van der Waals surface area contributed by atoms with Crippen LogP contribution in [0.1, 0.15) is 5.56 Å². The van der Waals surface area contributed by atoms with Gasteiger partial charge in [-0.25, -0.2) is 4.98 Å². The van der Waals surface area contributed by atoms with Crippen molar-refractivity contribution in [3.63, 3.8) is 0 Å². The molecule has 2 amide bonds. The molecular formula is C25H23ClN4O2. The first-order valence-corrected chi connectivity index (χ1v) is 10.8. The first kappa shape index (κ1) is 21.6. The van der Waals surface area contributed by atoms with Crippen molar-refractivity contribution >= 4 is 40.9 Å². The maximum atomic E-state index is 13.4. The van der Waals surface area contributed by atoms with E-state index in [2.05, 4.69) is 27.3 Å². The summed E-state index contributed by atoms with van der Waals surface area (Å²) in [6.07, 6.45) is 3.08. The number of benzene rings is 2. The molecule has 0 atom stereocenters. The van der Waals surface area contributed by atoms with E-state index in [-0.39, 0.29) is 16.6 Å². The number of hydrogen-bond donors (Lipinski definition) is 1. The number of nitrogens with zero attached hydrogens (tertiary/aromatic N) is 3. The van der Waals surface area contributed by atoms with Crippen LogP contribution in [0.25, 0.3) is 6.08 Å². The van der Waals surface area contributed by atoms with Gasteiger partial charge in [-0.1, -0.05) is 54.1 Å². The summed E-state index contributed by atoms with van der Waals surface area (Å²) in [6.45, 7) is 2.42. The van der Waals surface area contributed by atoms with Gasteiger partial charge < -0.3 is 15.1 Å². The van der Waals surface area contributed by atoms with Gasteiger partial charge >= 0.3 is 0 Å². The van der Waals surface area contributed by atoms with Gasteiger partial charge in [-0.3, -0.25) is 9.59 Å². The molecule has 0 spiro atoms. The Morgan fingerprint density at radius 1 is 0.875 bits per heavy atom. The van der Waals surface area contributed by atoms with E-state index in [4.69, 9.17) is 11.6 Å². The molecule has 0 aliphatic carbocycles. The number of anilines is 2. The number of para-hydroxylation sites is 2. The summed E-state index contributed by atoms with van der Waals surface area (Å²) in [5.74, 6) is -0.808. The van der Waals surface area contributed by atoms with E-state index in [9.17, 15) is 9.59 Å². The standard InChI is InChI=1S/C25H23ClN4O2/c26-23-19(8-7-13-27-23)18-22(24(31)28-20-9-3-1-4-10-20)25(32)30-16-14-29(15-17-30)21-11-5-2-6-12-21/h1-13,18H,14-17H2,(H,28,31)/b22-18-. The van der Waals surface area contributed by atoms with Crippen molar-refractivity contribution in [2.24, 2.45) is 0 Å². The summed E-state index contributed by atoms with van der Waals surface area (Å²) in [5, 5.41) is 3.04. The molecule has 2 aromatic carbocycles. The van der Waals surface area contributed by atoms with E-state index in [1.54, 1.807) is 35.4 Å². The number of rotatable bonds is 5. The Labute approximate surface area is 192 Å². The Hall–Kier alpha value is -3.64. The van der Waals surface area contributed by atoms with Crippen molar-refractivity contribution in [3.05, 3.63) is 95.3 Å². The Balaban J connectivity index is 1.55. The number of amides is 2. The monoisotopic (exact) mass is 446 g/mol. The summed E-state index contributed by atoms with van der Waals surface area (Å²) in [5.41, 5.74) is 2.28. The highest BCUT2D eigenvalue weighted by atomic mass is 35.5. The van der Waals surface area contributed by atoms with Crippen LogP contribution in [0, 0.1) is 0 Å². The van der Waals surface area contributed by atoms with Gasteiger partial charge in [-0.2, -0.15) is 0 Å². The zero-order valence-electron chi connectivity index (χ0n) is 17.4. The molecule has 1 saturated heterocycles. The topological polar surface area (TPSA) is 65.5 Å². The van der Waals surface area contributed by atoms with E-state index >= 15 is 0 Å². The van der Waals surface area contributed by atoms with Gasteiger partial charge in [0.1, 0.15) is 10.7 Å². The van der Waals surface area contributed by atoms with Crippen LogP contribution in [0.3, 0.4) is 0 Å². The van der Waals surface area contributed by atoms with Crippen LogP contribution in [-0.4, -0.2) is 47.9 Å². The molecule has 3 aromatic rings. The average molecular weight is 447 g/mol. The lowest BCUT2D eigenvalue weighted by Gasteiger charge is -2.36. The fourth-order valence-corrected chi connectivity index (χ4v) is 3.76. The molecule has 2 heterocycles. The first-order valence-electron chi connectivity index (χ1n) is 10.4. The number of carbonyl (C=O) groups excluding carboxylic acids is 2. The summed E-state index contributed by atoms with van der Waals surface area (Å²) >= 11 is 6.19. The molecule has 1 aliphatic heterocycles. The zero-order valence-corrected chi connectivity index (χ0v) is 18.2. The maximum absolute atomic E-state index is 13.4. The van der Waals surface area contributed by atoms with Crippen molar-refractivity contribution in [2.45, 2.75) is 0 Å². The van der Waals surface area contributed by atoms with Crippen LogP contribution in [0.15, 0.2) is 84.6 Å². The summed E-state index contributed by atoms with van der Waals surface area (Å²) in [6, 6.07) is 22.6. The van der Waals surface area contributed by atoms with Crippen LogP contribution in [0.5, 0.6) is 0 Å². The molecule has 1 aromatic heterocycles. The second-order valence-corrected chi connectivity index (χ2v) is 7.73. The number of nitrogens with one attached hydrogen (secondary N) is 1. The maximum Gasteiger partial charge on any atom is 0.261 e. The molecule has 6 nitrogen and oxygen atoms in total. The lowest BCUT2D eigenvalue weighted by atomic mass is 10.1. The van der Waals surface area contributed by atoms with E-state index in [0.29, 0.717) is 37.4 Å². The minimum Gasteiger partial charge on any atom is -0.368 e.